The maximum Gasteiger partial charge on any atom is 0.0630 e. The number of hydrogen-bond acceptors (Lipinski definition) is 4. The molecule has 0 heterocycles. The van der Waals surface area contributed by atoms with Crippen molar-refractivity contribution < 1.29 is 20.4 Å². The van der Waals surface area contributed by atoms with E-state index in [-0.39, 0.29) is 42.7 Å². The summed E-state index contributed by atoms with van der Waals surface area (Å²) >= 11 is 0. The molecule has 176 valence electrons. The summed E-state index contributed by atoms with van der Waals surface area (Å²) in [5.74, 6) is 1.31. The van der Waals surface area contributed by atoms with Gasteiger partial charge in [-0.1, -0.05) is 58.1 Å². The van der Waals surface area contributed by atoms with Crippen LogP contribution in [0, 0.1) is 29.1 Å². The third-order valence-electron chi connectivity index (χ3n) is 7.78. The van der Waals surface area contributed by atoms with Gasteiger partial charge < -0.3 is 20.4 Å². The molecule has 0 aromatic heterocycles. The van der Waals surface area contributed by atoms with Crippen LogP contribution in [-0.2, 0) is 0 Å². The van der Waals surface area contributed by atoms with Crippen molar-refractivity contribution in [3.05, 3.63) is 12.2 Å². The molecule has 4 nitrogen and oxygen atoms in total. The van der Waals surface area contributed by atoms with Gasteiger partial charge in [-0.3, -0.25) is 0 Å². The standard InChI is InChI=1S/C26H48O4/c1-26(2,19-28)17-7-6-10-21-12-14-23(25(21)30)16-15-22-13-11-20(24(22)29)9-5-3-4-8-18-27/h15-16,20-25,27-30H,3-14,17-19H2,1-2H3. The van der Waals surface area contributed by atoms with Crippen molar-refractivity contribution in [1.29, 1.82) is 0 Å². The Hall–Kier alpha value is -0.420. The van der Waals surface area contributed by atoms with Crippen LogP contribution in [-0.4, -0.2) is 45.8 Å². The summed E-state index contributed by atoms with van der Waals surface area (Å²) in [6.45, 7) is 4.74. The lowest BCUT2D eigenvalue weighted by atomic mass is 9.86. The number of unbranched alkanes of at least 4 members (excludes halogenated alkanes) is 4. The normalized spacial score (nSPS) is 32.5. The van der Waals surface area contributed by atoms with E-state index in [1.165, 1.54) is 0 Å². The first-order chi connectivity index (χ1) is 14.4. The maximum absolute atomic E-state index is 10.8. The molecule has 0 amide bonds. The fourth-order valence-corrected chi connectivity index (χ4v) is 5.49. The lowest BCUT2D eigenvalue weighted by Crippen LogP contribution is -2.22. The van der Waals surface area contributed by atoms with Gasteiger partial charge in [0.05, 0.1) is 12.2 Å². The highest BCUT2D eigenvalue weighted by atomic mass is 16.3. The van der Waals surface area contributed by atoms with Gasteiger partial charge >= 0.3 is 0 Å². The van der Waals surface area contributed by atoms with E-state index < -0.39 is 0 Å². The van der Waals surface area contributed by atoms with Crippen LogP contribution in [0.2, 0.25) is 0 Å². The van der Waals surface area contributed by atoms with Crippen LogP contribution < -0.4 is 0 Å². The zero-order chi connectivity index (χ0) is 22.0. The van der Waals surface area contributed by atoms with E-state index in [2.05, 4.69) is 26.0 Å². The SMILES string of the molecule is CC(C)(CO)CCCCC1CCC(C=CC2CCC(CCCCCCO)C2O)C1O. The van der Waals surface area contributed by atoms with Crippen LogP contribution in [0.4, 0.5) is 0 Å². The Morgan fingerprint density at radius 3 is 1.70 bits per heavy atom. The highest BCUT2D eigenvalue weighted by Gasteiger charge is 2.35. The molecule has 0 spiro atoms. The molecule has 0 bridgehead atoms. The second kappa shape index (κ2) is 13.2. The van der Waals surface area contributed by atoms with E-state index in [1.54, 1.807) is 0 Å². The molecule has 0 saturated heterocycles. The van der Waals surface area contributed by atoms with Gasteiger partial charge in [0, 0.05) is 25.0 Å². The van der Waals surface area contributed by atoms with Gasteiger partial charge in [0.15, 0.2) is 0 Å². The second-order valence-corrected chi connectivity index (χ2v) is 10.9. The van der Waals surface area contributed by atoms with Crippen molar-refractivity contribution in [3.63, 3.8) is 0 Å². The number of rotatable bonds is 14. The molecule has 30 heavy (non-hydrogen) atoms. The lowest BCUT2D eigenvalue weighted by molar-refractivity contribution is 0.0958. The molecular formula is C26H48O4. The van der Waals surface area contributed by atoms with Crippen molar-refractivity contribution in [2.24, 2.45) is 29.1 Å². The Kier molecular flexibility index (Phi) is 11.4. The Balaban J connectivity index is 1.67. The zero-order valence-electron chi connectivity index (χ0n) is 19.5. The second-order valence-electron chi connectivity index (χ2n) is 10.9. The fourth-order valence-electron chi connectivity index (χ4n) is 5.49. The van der Waals surface area contributed by atoms with Crippen LogP contribution in [0.25, 0.3) is 0 Å². The Morgan fingerprint density at radius 2 is 1.20 bits per heavy atom. The van der Waals surface area contributed by atoms with Crippen molar-refractivity contribution in [2.75, 3.05) is 13.2 Å². The smallest absolute Gasteiger partial charge is 0.0630 e. The summed E-state index contributed by atoms with van der Waals surface area (Å²) in [5, 5.41) is 39.7. The van der Waals surface area contributed by atoms with E-state index in [9.17, 15) is 15.3 Å². The first kappa shape index (κ1) is 25.8. The van der Waals surface area contributed by atoms with Crippen molar-refractivity contribution in [2.45, 2.75) is 110 Å². The van der Waals surface area contributed by atoms with Crippen LogP contribution in [0.15, 0.2) is 12.2 Å². The van der Waals surface area contributed by atoms with Gasteiger partial charge in [0.25, 0.3) is 0 Å². The fraction of sp³-hybridized carbons (Fsp3) is 0.923. The van der Waals surface area contributed by atoms with E-state index in [1.807, 2.05) is 0 Å². The van der Waals surface area contributed by atoms with Gasteiger partial charge in [0.1, 0.15) is 0 Å². The van der Waals surface area contributed by atoms with Crippen LogP contribution in [0.5, 0.6) is 0 Å². The number of aliphatic hydroxyl groups is 4. The van der Waals surface area contributed by atoms with Crippen molar-refractivity contribution in [3.8, 4) is 0 Å². The first-order valence-electron chi connectivity index (χ1n) is 12.6. The van der Waals surface area contributed by atoms with Crippen molar-refractivity contribution in [1.82, 2.24) is 0 Å². The van der Waals surface area contributed by atoms with Gasteiger partial charge in [-0.2, -0.15) is 0 Å². The van der Waals surface area contributed by atoms with Gasteiger partial charge in [0.2, 0.25) is 0 Å². The maximum atomic E-state index is 10.8. The van der Waals surface area contributed by atoms with Gasteiger partial charge in [-0.25, -0.2) is 0 Å². The van der Waals surface area contributed by atoms with Gasteiger partial charge in [-0.15, -0.1) is 0 Å². The largest absolute Gasteiger partial charge is 0.396 e. The van der Waals surface area contributed by atoms with Gasteiger partial charge in [-0.05, 0) is 68.6 Å². The minimum absolute atomic E-state index is 0.0129. The predicted molar refractivity (Wildman–Crippen MR) is 123 cm³/mol. The summed E-state index contributed by atoms with van der Waals surface area (Å²) in [4.78, 5) is 0. The monoisotopic (exact) mass is 424 g/mol. The molecule has 4 N–H and O–H groups in total. The zero-order valence-corrected chi connectivity index (χ0v) is 19.5. The Morgan fingerprint density at radius 1 is 0.700 bits per heavy atom. The molecule has 2 rings (SSSR count). The molecule has 6 atom stereocenters. The molecule has 4 heteroatoms. The van der Waals surface area contributed by atoms with E-state index in [4.69, 9.17) is 5.11 Å². The molecule has 2 aliphatic carbocycles. The molecule has 2 saturated carbocycles. The molecule has 2 aliphatic rings. The average molecular weight is 425 g/mol. The third-order valence-corrected chi connectivity index (χ3v) is 7.78. The third kappa shape index (κ3) is 8.26. The summed E-state index contributed by atoms with van der Waals surface area (Å²) in [6, 6.07) is 0. The molecule has 6 unspecified atom stereocenters. The number of aliphatic hydroxyl groups excluding tert-OH is 4. The van der Waals surface area contributed by atoms with Crippen molar-refractivity contribution >= 4 is 0 Å². The van der Waals surface area contributed by atoms with E-state index in [0.717, 1.165) is 83.5 Å². The number of hydrogen-bond donors (Lipinski definition) is 4. The molecule has 0 radical (unpaired) electrons. The lowest BCUT2D eigenvalue weighted by Gasteiger charge is -2.22. The summed E-state index contributed by atoms with van der Waals surface area (Å²) in [5.41, 5.74) is 0.0129. The van der Waals surface area contributed by atoms with Crippen LogP contribution in [0.3, 0.4) is 0 Å². The first-order valence-corrected chi connectivity index (χ1v) is 12.6. The average Bonchev–Trinajstić information content (AvgIpc) is 3.26. The summed E-state index contributed by atoms with van der Waals surface area (Å²) < 4.78 is 0. The van der Waals surface area contributed by atoms with E-state index in [0.29, 0.717) is 11.8 Å². The molecule has 0 aromatic carbocycles. The minimum Gasteiger partial charge on any atom is -0.396 e. The molecule has 0 aliphatic heterocycles. The van der Waals surface area contributed by atoms with Crippen LogP contribution >= 0.6 is 0 Å². The molecule has 0 aromatic rings. The predicted octanol–water partition coefficient (Wildman–Crippen LogP) is 4.84. The van der Waals surface area contributed by atoms with Crippen LogP contribution in [0.1, 0.15) is 97.3 Å². The van der Waals surface area contributed by atoms with E-state index >= 15 is 0 Å². The molecular weight excluding hydrogens is 376 g/mol. The Bertz CT molecular complexity index is 489. The highest BCUT2D eigenvalue weighted by Crippen LogP contribution is 2.39. The highest BCUT2D eigenvalue weighted by molar-refractivity contribution is 5.04. The topological polar surface area (TPSA) is 80.9 Å². The quantitative estimate of drug-likeness (QED) is 0.238. The summed E-state index contributed by atoms with van der Waals surface area (Å²) in [7, 11) is 0. The Labute approximate surface area is 184 Å². The molecule has 2 fully saturated rings. The summed E-state index contributed by atoms with van der Waals surface area (Å²) in [6.07, 6.45) is 18.0. The minimum atomic E-state index is -0.243.